The van der Waals surface area contributed by atoms with Crippen molar-refractivity contribution in [1.82, 2.24) is 0 Å². The highest BCUT2D eigenvalue weighted by atomic mass is 19.4. The van der Waals surface area contributed by atoms with Gasteiger partial charge in [-0.2, -0.15) is 26.3 Å². The number of carbonyl (C=O) groups is 2. The van der Waals surface area contributed by atoms with Gasteiger partial charge < -0.3 is 9.47 Å². The number of unbranched alkanes of at least 4 members (excludes halogenated alkanes) is 2. The number of hydrogen-bond donors (Lipinski definition) is 0. The Kier molecular flexibility index (Phi) is 10.3. The molecular formula is C16H22F6O4. The lowest BCUT2D eigenvalue weighted by molar-refractivity contribution is -0.221. The zero-order valence-electron chi connectivity index (χ0n) is 14.5. The van der Waals surface area contributed by atoms with E-state index in [0.717, 1.165) is 0 Å². The number of ether oxygens (including phenoxy) is 2. The first kappa shape index (κ1) is 24.3. The molecule has 10 heteroatoms. The maximum absolute atomic E-state index is 12.7. The van der Waals surface area contributed by atoms with Crippen LogP contribution in [0, 0.1) is 0 Å². The van der Waals surface area contributed by atoms with Gasteiger partial charge in [0.25, 0.3) is 0 Å². The summed E-state index contributed by atoms with van der Waals surface area (Å²) in [6.45, 7) is 3.31. The first-order valence-electron chi connectivity index (χ1n) is 8.14. The van der Waals surface area contributed by atoms with Gasteiger partial charge in [0, 0.05) is 12.2 Å². The summed E-state index contributed by atoms with van der Waals surface area (Å²) in [6, 6.07) is 0. The van der Waals surface area contributed by atoms with Gasteiger partial charge in [-0.3, -0.25) is 0 Å². The van der Waals surface area contributed by atoms with Crippen LogP contribution in [0.3, 0.4) is 0 Å². The molecule has 2 atom stereocenters. The van der Waals surface area contributed by atoms with Crippen LogP contribution >= 0.6 is 0 Å². The van der Waals surface area contributed by atoms with Crippen LogP contribution in [-0.2, 0) is 19.1 Å². The summed E-state index contributed by atoms with van der Waals surface area (Å²) >= 11 is 0. The summed E-state index contributed by atoms with van der Waals surface area (Å²) in [5.41, 5.74) is 0. The number of carbonyl (C=O) groups excluding carboxylic acids is 2. The van der Waals surface area contributed by atoms with E-state index < -0.39 is 49.3 Å². The molecule has 0 bridgehead atoms. The average molecular weight is 392 g/mol. The molecule has 0 aromatic rings. The largest absolute Gasteiger partial charge is 0.450 e. The number of rotatable bonds is 10. The third-order valence-electron chi connectivity index (χ3n) is 3.24. The summed E-state index contributed by atoms with van der Waals surface area (Å²) < 4.78 is 84.7. The minimum absolute atomic E-state index is 0.161. The highest BCUT2D eigenvalue weighted by molar-refractivity contribution is 5.91. The predicted octanol–water partition coefficient (Wildman–Crippen LogP) is 4.87. The van der Waals surface area contributed by atoms with E-state index in [0.29, 0.717) is 25.0 Å². The topological polar surface area (TPSA) is 52.6 Å². The van der Waals surface area contributed by atoms with Crippen LogP contribution in [0.15, 0.2) is 12.2 Å². The molecule has 4 nitrogen and oxygen atoms in total. The Bertz CT molecular complexity index is 428. The molecule has 152 valence electrons. The molecule has 0 aromatic carbocycles. The quantitative estimate of drug-likeness (QED) is 0.302. The summed E-state index contributed by atoms with van der Waals surface area (Å²) in [6.07, 6.45) is -13.3. The molecule has 0 heterocycles. The van der Waals surface area contributed by atoms with Crippen molar-refractivity contribution in [2.24, 2.45) is 0 Å². The van der Waals surface area contributed by atoms with Crippen molar-refractivity contribution >= 4 is 11.9 Å². The molecule has 0 aromatic heterocycles. The molecule has 0 amide bonds. The highest BCUT2D eigenvalue weighted by Gasteiger charge is 2.43. The Morgan fingerprint density at radius 1 is 0.769 bits per heavy atom. The van der Waals surface area contributed by atoms with Crippen molar-refractivity contribution in [3.63, 3.8) is 0 Å². The summed E-state index contributed by atoms with van der Waals surface area (Å²) in [4.78, 5) is 22.8. The molecule has 2 unspecified atom stereocenters. The molecule has 0 fully saturated rings. The van der Waals surface area contributed by atoms with Crippen molar-refractivity contribution in [1.29, 1.82) is 0 Å². The zero-order valence-corrected chi connectivity index (χ0v) is 14.5. The second kappa shape index (κ2) is 11.1. The Balaban J connectivity index is 4.75. The average Bonchev–Trinajstić information content (AvgIpc) is 2.51. The first-order chi connectivity index (χ1) is 11.9. The molecule has 0 saturated carbocycles. The Morgan fingerprint density at radius 3 is 1.31 bits per heavy atom. The van der Waals surface area contributed by atoms with Crippen LogP contribution < -0.4 is 0 Å². The van der Waals surface area contributed by atoms with E-state index in [4.69, 9.17) is 0 Å². The number of hydrogen-bond acceptors (Lipinski definition) is 4. The van der Waals surface area contributed by atoms with E-state index in [1.54, 1.807) is 13.8 Å². The normalized spacial score (nSPS) is 14.9. The molecule has 26 heavy (non-hydrogen) atoms. The fourth-order valence-electron chi connectivity index (χ4n) is 1.85. The van der Waals surface area contributed by atoms with Crippen LogP contribution in [0.4, 0.5) is 26.3 Å². The van der Waals surface area contributed by atoms with Gasteiger partial charge in [-0.15, -0.1) is 0 Å². The van der Waals surface area contributed by atoms with Crippen molar-refractivity contribution in [2.75, 3.05) is 0 Å². The maximum atomic E-state index is 12.7. The second-order valence-corrected chi connectivity index (χ2v) is 5.55. The van der Waals surface area contributed by atoms with Gasteiger partial charge in [0.1, 0.15) is 0 Å². The van der Waals surface area contributed by atoms with Crippen LogP contribution in [0.2, 0.25) is 0 Å². The number of alkyl halides is 6. The first-order valence-corrected chi connectivity index (χ1v) is 8.14. The van der Waals surface area contributed by atoms with Gasteiger partial charge in [0.2, 0.25) is 0 Å². The lowest BCUT2D eigenvalue weighted by Crippen LogP contribution is -2.34. The Labute approximate surface area is 147 Å². The monoisotopic (exact) mass is 392 g/mol. The molecule has 0 spiro atoms. The van der Waals surface area contributed by atoms with Crippen molar-refractivity contribution in [3.05, 3.63) is 12.2 Å². The van der Waals surface area contributed by atoms with Gasteiger partial charge in [-0.05, 0) is 25.7 Å². The van der Waals surface area contributed by atoms with Crippen LogP contribution in [0.25, 0.3) is 0 Å². The molecule has 0 radical (unpaired) electrons. The number of halogens is 6. The van der Waals surface area contributed by atoms with Crippen LogP contribution in [0.1, 0.15) is 52.4 Å². The fourth-order valence-corrected chi connectivity index (χ4v) is 1.85. The molecule has 0 rings (SSSR count). The third kappa shape index (κ3) is 10.3. The summed E-state index contributed by atoms with van der Waals surface area (Å²) in [7, 11) is 0. The lowest BCUT2D eigenvalue weighted by Gasteiger charge is -2.20. The summed E-state index contributed by atoms with van der Waals surface area (Å²) in [5.74, 6) is -2.98. The minimum Gasteiger partial charge on any atom is -0.450 e. The second-order valence-electron chi connectivity index (χ2n) is 5.55. The minimum atomic E-state index is -4.78. The van der Waals surface area contributed by atoms with E-state index >= 15 is 0 Å². The SMILES string of the molecule is CCCCC(OC(=O)/C=C/C(=O)OC(CCCC)C(F)(F)F)C(F)(F)F. The van der Waals surface area contributed by atoms with Gasteiger partial charge in [-0.25, -0.2) is 9.59 Å². The predicted molar refractivity (Wildman–Crippen MR) is 80.1 cm³/mol. The molecule has 0 saturated heterocycles. The molecular weight excluding hydrogens is 370 g/mol. The third-order valence-corrected chi connectivity index (χ3v) is 3.24. The van der Waals surface area contributed by atoms with E-state index in [1.165, 1.54) is 0 Å². The van der Waals surface area contributed by atoms with Gasteiger partial charge >= 0.3 is 24.3 Å². The van der Waals surface area contributed by atoms with Crippen molar-refractivity contribution in [3.8, 4) is 0 Å². The van der Waals surface area contributed by atoms with Gasteiger partial charge in [0.05, 0.1) is 0 Å². The fraction of sp³-hybridized carbons (Fsp3) is 0.750. The number of esters is 2. The van der Waals surface area contributed by atoms with Crippen molar-refractivity contribution in [2.45, 2.75) is 76.9 Å². The molecule has 0 aliphatic carbocycles. The smallest absolute Gasteiger partial charge is 0.425 e. The van der Waals surface area contributed by atoms with Crippen LogP contribution in [-0.4, -0.2) is 36.5 Å². The summed E-state index contributed by atoms with van der Waals surface area (Å²) in [5, 5.41) is 0. The van der Waals surface area contributed by atoms with E-state index in [-0.39, 0.29) is 12.8 Å². The van der Waals surface area contributed by atoms with Crippen molar-refractivity contribution < 1.29 is 45.4 Å². The molecule has 0 N–H and O–H groups in total. The highest BCUT2D eigenvalue weighted by Crippen LogP contribution is 2.28. The zero-order chi connectivity index (χ0) is 20.4. The van der Waals surface area contributed by atoms with Gasteiger partial charge in [-0.1, -0.05) is 26.7 Å². The van der Waals surface area contributed by atoms with E-state index in [2.05, 4.69) is 9.47 Å². The maximum Gasteiger partial charge on any atom is 0.425 e. The van der Waals surface area contributed by atoms with E-state index in [9.17, 15) is 35.9 Å². The Morgan fingerprint density at radius 2 is 1.08 bits per heavy atom. The molecule has 0 aliphatic rings. The lowest BCUT2D eigenvalue weighted by atomic mass is 10.1. The molecule has 0 aliphatic heterocycles. The van der Waals surface area contributed by atoms with Gasteiger partial charge in [0.15, 0.2) is 12.2 Å². The standard InChI is InChI=1S/C16H22F6O4/c1-3-5-7-11(15(17,18)19)25-13(23)9-10-14(24)26-12(8-6-4-2)16(20,21)22/h9-12H,3-8H2,1-2H3/b10-9+. The van der Waals surface area contributed by atoms with Crippen LogP contribution in [0.5, 0.6) is 0 Å². The van der Waals surface area contributed by atoms with E-state index in [1.807, 2.05) is 0 Å². The Hall–Kier alpha value is -1.74.